The van der Waals surface area contributed by atoms with E-state index >= 15 is 0 Å². The van der Waals surface area contributed by atoms with Crippen LogP contribution in [0.2, 0.25) is 10.0 Å². The van der Waals surface area contributed by atoms with Gasteiger partial charge in [0.2, 0.25) is 5.91 Å². The van der Waals surface area contributed by atoms with Gasteiger partial charge in [0, 0.05) is 19.3 Å². The number of carbonyl (C=O) groups is 1. The Labute approximate surface area is 204 Å². The van der Waals surface area contributed by atoms with Gasteiger partial charge in [-0.15, -0.1) is 0 Å². The predicted molar refractivity (Wildman–Crippen MR) is 123 cm³/mol. The fourth-order valence-electron chi connectivity index (χ4n) is 3.45. The molecule has 0 spiro atoms. The number of nitrogens with zero attached hydrogens (tertiary/aromatic N) is 1. The monoisotopic (exact) mass is 513 g/mol. The summed E-state index contributed by atoms with van der Waals surface area (Å²) in [4.78, 5) is 16.2. The summed E-state index contributed by atoms with van der Waals surface area (Å²) in [5.74, 6) is -0.775. The topological polar surface area (TPSA) is 54.0 Å². The molecule has 0 unspecified atom stereocenters. The van der Waals surface area contributed by atoms with Gasteiger partial charge in [-0.25, -0.2) is 4.39 Å². The van der Waals surface area contributed by atoms with Gasteiger partial charge in [0.1, 0.15) is 17.6 Å². The molecule has 0 aliphatic rings. The summed E-state index contributed by atoms with van der Waals surface area (Å²) in [7, 11) is 1.49. The van der Waals surface area contributed by atoms with Gasteiger partial charge in [0.25, 0.3) is 0 Å². The first kappa shape index (κ1) is 25.9. The van der Waals surface area contributed by atoms with Crippen molar-refractivity contribution in [1.29, 1.82) is 0 Å². The van der Waals surface area contributed by atoms with Gasteiger partial charge in [-0.05, 0) is 59.9 Å². The molecule has 2 atom stereocenters. The van der Waals surface area contributed by atoms with Crippen LogP contribution in [0.5, 0.6) is 0 Å². The number of pyridine rings is 1. The second-order valence-electron chi connectivity index (χ2n) is 7.58. The third-order valence-electron chi connectivity index (χ3n) is 5.26. The number of amides is 1. The molecule has 0 fully saturated rings. The number of carbonyl (C=O) groups excluding carboxylic acids is 1. The SMILES string of the molecule is CNC(=O)[C@H](N[C@H](CCc1ccc(C(F)(F)F)nc1)c1ccc(Cl)c(Cl)c1)c1ccc(F)cc1. The Morgan fingerprint density at radius 3 is 2.24 bits per heavy atom. The minimum Gasteiger partial charge on any atom is -0.358 e. The highest BCUT2D eigenvalue weighted by Crippen LogP contribution is 2.31. The second kappa shape index (κ2) is 11.2. The van der Waals surface area contributed by atoms with Crippen molar-refractivity contribution >= 4 is 29.1 Å². The van der Waals surface area contributed by atoms with E-state index in [1.807, 2.05) is 0 Å². The van der Waals surface area contributed by atoms with Gasteiger partial charge in [0.15, 0.2) is 0 Å². The predicted octanol–water partition coefficient (Wildman–Crippen LogP) is 6.30. The number of alkyl halides is 3. The lowest BCUT2D eigenvalue weighted by molar-refractivity contribution is -0.141. The van der Waals surface area contributed by atoms with E-state index in [9.17, 15) is 22.4 Å². The van der Waals surface area contributed by atoms with Gasteiger partial charge in [-0.2, -0.15) is 13.2 Å². The number of nitrogens with one attached hydrogen (secondary N) is 2. The van der Waals surface area contributed by atoms with E-state index in [2.05, 4.69) is 15.6 Å². The number of hydrogen-bond acceptors (Lipinski definition) is 3. The van der Waals surface area contributed by atoms with E-state index in [1.165, 1.54) is 43.6 Å². The lowest BCUT2D eigenvalue weighted by Crippen LogP contribution is -2.38. The molecule has 1 aromatic heterocycles. The van der Waals surface area contributed by atoms with Crippen LogP contribution >= 0.6 is 23.2 Å². The van der Waals surface area contributed by atoms with Gasteiger partial charge in [-0.3, -0.25) is 15.1 Å². The van der Waals surface area contributed by atoms with Crippen LogP contribution in [0.3, 0.4) is 0 Å². The average Bonchev–Trinajstić information content (AvgIpc) is 2.81. The van der Waals surface area contributed by atoms with Crippen molar-refractivity contribution in [1.82, 2.24) is 15.6 Å². The maximum atomic E-state index is 13.4. The van der Waals surface area contributed by atoms with Crippen LogP contribution in [0.25, 0.3) is 0 Å². The van der Waals surface area contributed by atoms with Crippen molar-refractivity contribution in [2.45, 2.75) is 31.1 Å². The van der Waals surface area contributed by atoms with Crippen molar-refractivity contribution in [3.05, 3.63) is 99.0 Å². The molecule has 0 saturated carbocycles. The fourth-order valence-corrected chi connectivity index (χ4v) is 3.76. The molecule has 1 heterocycles. The summed E-state index contributed by atoms with van der Waals surface area (Å²) in [6.07, 6.45) is -2.56. The summed E-state index contributed by atoms with van der Waals surface area (Å²) in [6.45, 7) is 0. The number of aryl methyl sites for hydroxylation is 1. The van der Waals surface area contributed by atoms with Gasteiger partial charge < -0.3 is 5.32 Å². The molecular formula is C24H21Cl2F4N3O. The molecule has 4 nitrogen and oxygen atoms in total. The zero-order chi connectivity index (χ0) is 24.9. The van der Waals surface area contributed by atoms with E-state index in [1.54, 1.807) is 18.2 Å². The molecule has 0 aliphatic heterocycles. The van der Waals surface area contributed by atoms with Gasteiger partial charge in [-0.1, -0.05) is 47.5 Å². The summed E-state index contributed by atoms with van der Waals surface area (Å²) < 4.78 is 51.9. The first-order valence-corrected chi connectivity index (χ1v) is 11.0. The molecular weight excluding hydrogens is 493 g/mol. The van der Waals surface area contributed by atoms with Crippen LogP contribution in [0.1, 0.15) is 40.9 Å². The molecule has 0 bridgehead atoms. The maximum Gasteiger partial charge on any atom is 0.433 e. The van der Waals surface area contributed by atoms with Crippen LogP contribution in [-0.2, 0) is 17.4 Å². The molecule has 10 heteroatoms. The third kappa shape index (κ3) is 6.68. The van der Waals surface area contributed by atoms with E-state index in [4.69, 9.17) is 23.2 Å². The molecule has 0 radical (unpaired) electrons. The smallest absolute Gasteiger partial charge is 0.358 e. The van der Waals surface area contributed by atoms with Crippen molar-refractivity contribution in [3.63, 3.8) is 0 Å². The first-order valence-electron chi connectivity index (χ1n) is 10.3. The Kier molecular flexibility index (Phi) is 8.52. The number of rotatable bonds is 8. The van der Waals surface area contributed by atoms with Gasteiger partial charge >= 0.3 is 6.18 Å². The Morgan fingerprint density at radius 1 is 1.00 bits per heavy atom. The summed E-state index contributed by atoms with van der Waals surface area (Å²) in [5, 5.41) is 6.54. The Balaban J connectivity index is 1.88. The zero-order valence-corrected chi connectivity index (χ0v) is 19.5. The van der Waals surface area contributed by atoms with Crippen molar-refractivity contribution in [3.8, 4) is 0 Å². The summed E-state index contributed by atoms with van der Waals surface area (Å²) in [5.41, 5.74) is 0.900. The number of benzene rings is 2. The number of hydrogen-bond donors (Lipinski definition) is 2. The minimum absolute atomic E-state index is 0.320. The highest BCUT2D eigenvalue weighted by Gasteiger charge is 2.32. The van der Waals surface area contributed by atoms with E-state index < -0.39 is 29.8 Å². The Morgan fingerprint density at radius 2 is 1.68 bits per heavy atom. The Hall–Kier alpha value is -2.68. The molecule has 2 N–H and O–H groups in total. The largest absolute Gasteiger partial charge is 0.433 e. The van der Waals surface area contributed by atoms with E-state index in [-0.39, 0.29) is 5.91 Å². The highest BCUT2D eigenvalue weighted by atomic mass is 35.5. The van der Waals surface area contributed by atoms with Crippen LogP contribution in [0.4, 0.5) is 17.6 Å². The van der Waals surface area contributed by atoms with Crippen molar-refractivity contribution < 1.29 is 22.4 Å². The van der Waals surface area contributed by atoms with E-state index in [0.29, 0.717) is 34.0 Å². The molecule has 0 aliphatic carbocycles. The molecule has 180 valence electrons. The lowest BCUT2D eigenvalue weighted by atomic mass is 9.96. The van der Waals surface area contributed by atoms with Crippen molar-refractivity contribution in [2.24, 2.45) is 0 Å². The molecule has 0 saturated heterocycles. The van der Waals surface area contributed by atoms with E-state index in [0.717, 1.165) is 11.6 Å². The number of likely N-dealkylation sites (N-methyl/N-ethyl adjacent to an activating group) is 1. The van der Waals surface area contributed by atoms with Crippen LogP contribution in [-0.4, -0.2) is 17.9 Å². The zero-order valence-electron chi connectivity index (χ0n) is 18.0. The summed E-state index contributed by atoms with van der Waals surface area (Å²) >= 11 is 12.2. The maximum absolute atomic E-state index is 13.4. The first-order chi connectivity index (χ1) is 16.1. The van der Waals surface area contributed by atoms with Crippen LogP contribution in [0, 0.1) is 5.82 Å². The van der Waals surface area contributed by atoms with Gasteiger partial charge in [0.05, 0.1) is 10.0 Å². The molecule has 34 heavy (non-hydrogen) atoms. The normalized spacial score (nSPS) is 13.4. The standard InChI is InChI=1S/C24H21Cl2F4N3O/c1-31-23(34)22(15-4-7-17(27)8-5-15)33-20(16-6-9-18(25)19(26)12-16)10-2-14-3-11-21(32-13-14)24(28,29)30/h3-9,11-13,20,22,33H,2,10H2,1H3,(H,31,34)/t20-,22-/m1/s1. The van der Waals surface area contributed by atoms with Crippen LogP contribution < -0.4 is 10.6 Å². The molecule has 1 amide bonds. The van der Waals surface area contributed by atoms with Crippen LogP contribution in [0.15, 0.2) is 60.8 Å². The highest BCUT2D eigenvalue weighted by molar-refractivity contribution is 6.42. The number of aromatic nitrogens is 1. The second-order valence-corrected chi connectivity index (χ2v) is 8.39. The molecule has 3 aromatic rings. The molecule has 2 aromatic carbocycles. The third-order valence-corrected chi connectivity index (χ3v) is 6.00. The average molecular weight is 514 g/mol. The lowest BCUT2D eigenvalue weighted by Gasteiger charge is -2.26. The van der Waals surface area contributed by atoms with Crippen molar-refractivity contribution in [2.75, 3.05) is 7.05 Å². The fraction of sp³-hybridized carbons (Fsp3) is 0.250. The summed E-state index contributed by atoms with van der Waals surface area (Å²) in [6, 6.07) is 11.6. The molecule has 3 rings (SSSR count). The Bertz CT molecular complexity index is 1120. The minimum atomic E-state index is -4.52. The quantitative estimate of drug-likeness (QED) is 0.347. The number of halogens is 6.